The SMILES string of the molecule is CCOC(=O)Cc1cc(OC)c(I)c(C(F)F)n1. The van der Waals surface area contributed by atoms with Gasteiger partial charge in [-0.3, -0.25) is 4.79 Å². The molecule has 4 nitrogen and oxygen atoms in total. The molecule has 1 aromatic rings. The molecule has 0 fully saturated rings. The number of rotatable bonds is 5. The van der Waals surface area contributed by atoms with Crippen LogP contribution in [0.15, 0.2) is 6.07 Å². The molecule has 0 atom stereocenters. The van der Waals surface area contributed by atoms with E-state index in [9.17, 15) is 13.6 Å². The fraction of sp³-hybridized carbons (Fsp3) is 0.455. The number of halogens is 3. The molecule has 0 unspecified atom stereocenters. The zero-order chi connectivity index (χ0) is 13.7. The first-order chi connectivity index (χ1) is 8.49. The molecule has 7 heteroatoms. The van der Waals surface area contributed by atoms with Crippen molar-refractivity contribution < 1.29 is 23.0 Å². The molecule has 0 aromatic carbocycles. The lowest BCUT2D eigenvalue weighted by molar-refractivity contribution is -0.142. The van der Waals surface area contributed by atoms with Gasteiger partial charge in [0.05, 0.1) is 29.4 Å². The molecule has 1 heterocycles. The van der Waals surface area contributed by atoms with Gasteiger partial charge >= 0.3 is 5.97 Å². The molecule has 0 N–H and O–H groups in total. The Morgan fingerprint density at radius 1 is 1.56 bits per heavy atom. The van der Waals surface area contributed by atoms with Crippen LogP contribution < -0.4 is 4.74 Å². The van der Waals surface area contributed by atoms with Crippen LogP contribution in [-0.2, 0) is 16.0 Å². The summed E-state index contributed by atoms with van der Waals surface area (Å²) in [6.45, 7) is 1.91. The molecule has 0 amide bonds. The summed E-state index contributed by atoms with van der Waals surface area (Å²) >= 11 is 1.74. The van der Waals surface area contributed by atoms with Gasteiger partial charge in [0, 0.05) is 6.07 Å². The van der Waals surface area contributed by atoms with E-state index in [0.717, 1.165) is 0 Å². The monoisotopic (exact) mass is 371 g/mol. The third kappa shape index (κ3) is 3.76. The molecule has 18 heavy (non-hydrogen) atoms. The van der Waals surface area contributed by atoms with Crippen LogP contribution >= 0.6 is 22.6 Å². The number of hydrogen-bond acceptors (Lipinski definition) is 4. The van der Waals surface area contributed by atoms with Gasteiger partial charge in [-0.05, 0) is 29.5 Å². The first-order valence-corrected chi connectivity index (χ1v) is 6.24. The number of pyridine rings is 1. The van der Waals surface area contributed by atoms with Gasteiger partial charge in [-0.1, -0.05) is 0 Å². The predicted octanol–water partition coefficient (Wildman–Crippen LogP) is 2.74. The van der Waals surface area contributed by atoms with Gasteiger partial charge in [-0.25, -0.2) is 13.8 Å². The minimum absolute atomic E-state index is 0.152. The molecule has 1 rings (SSSR count). The number of ether oxygens (including phenoxy) is 2. The number of esters is 1. The Morgan fingerprint density at radius 2 is 2.22 bits per heavy atom. The molecule has 0 spiro atoms. The largest absolute Gasteiger partial charge is 0.496 e. The topological polar surface area (TPSA) is 48.4 Å². The highest BCUT2D eigenvalue weighted by Gasteiger charge is 2.20. The lowest BCUT2D eigenvalue weighted by Crippen LogP contribution is -2.11. The summed E-state index contributed by atoms with van der Waals surface area (Å²) in [5, 5.41) is 0. The van der Waals surface area contributed by atoms with E-state index in [-0.39, 0.29) is 33.7 Å². The fourth-order valence-electron chi connectivity index (χ4n) is 1.32. The average Bonchev–Trinajstić information content (AvgIpc) is 2.31. The van der Waals surface area contributed by atoms with Crippen molar-refractivity contribution in [2.45, 2.75) is 19.8 Å². The van der Waals surface area contributed by atoms with Crippen molar-refractivity contribution in [2.75, 3.05) is 13.7 Å². The Labute approximate surface area is 117 Å². The molecule has 0 aliphatic carbocycles. The van der Waals surface area contributed by atoms with Gasteiger partial charge in [-0.15, -0.1) is 0 Å². The molecule has 0 bridgehead atoms. The number of methoxy groups -OCH3 is 1. The Morgan fingerprint density at radius 3 is 2.72 bits per heavy atom. The minimum atomic E-state index is -2.71. The maximum Gasteiger partial charge on any atom is 0.311 e. The van der Waals surface area contributed by atoms with E-state index >= 15 is 0 Å². The van der Waals surface area contributed by atoms with Crippen LogP contribution in [0, 0.1) is 3.57 Å². The minimum Gasteiger partial charge on any atom is -0.496 e. The Kier molecular flexibility index (Phi) is 5.70. The van der Waals surface area contributed by atoms with Crippen LogP contribution in [0.2, 0.25) is 0 Å². The third-order valence-corrected chi connectivity index (χ3v) is 3.14. The molecule has 0 aliphatic heterocycles. The van der Waals surface area contributed by atoms with Gasteiger partial charge in [-0.2, -0.15) is 0 Å². The third-order valence-electron chi connectivity index (χ3n) is 2.06. The standard InChI is InChI=1S/C11H12F2INO3/c1-3-18-8(16)5-6-4-7(17-2)9(14)10(15-6)11(12)13/h4,11H,3,5H2,1-2H3. The maximum atomic E-state index is 12.8. The molecule has 100 valence electrons. The molecule has 0 aliphatic rings. The first-order valence-electron chi connectivity index (χ1n) is 5.16. The molecule has 0 saturated heterocycles. The highest BCUT2D eigenvalue weighted by atomic mass is 127. The quantitative estimate of drug-likeness (QED) is 0.590. The van der Waals surface area contributed by atoms with Crippen molar-refractivity contribution in [3.63, 3.8) is 0 Å². The number of carbonyl (C=O) groups is 1. The van der Waals surface area contributed by atoms with Crippen molar-refractivity contribution in [3.05, 3.63) is 21.0 Å². The Hall–Kier alpha value is -0.990. The highest BCUT2D eigenvalue weighted by molar-refractivity contribution is 14.1. The summed E-state index contributed by atoms with van der Waals surface area (Å²) in [7, 11) is 1.38. The van der Waals surface area contributed by atoms with Gasteiger partial charge in [0.25, 0.3) is 6.43 Å². The Bertz CT molecular complexity index is 441. The second-order valence-electron chi connectivity index (χ2n) is 3.30. The first kappa shape index (κ1) is 15.1. The summed E-state index contributed by atoms with van der Waals surface area (Å²) in [5.41, 5.74) is -0.171. The fourth-order valence-corrected chi connectivity index (χ4v) is 2.05. The van der Waals surface area contributed by atoms with E-state index in [1.807, 2.05) is 0 Å². The van der Waals surface area contributed by atoms with E-state index in [4.69, 9.17) is 9.47 Å². The molecular formula is C11H12F2INO3. The van der Waals surface area contributed by atoms with Crippen molar-refractivity contribution in [1.82, 2.24) is 4.98 Å². The summed E-state index contributed by atoms with van der Waals surface area (Å²) in [4.78, 5) is 15.1. The van der Waals surface area contributed by atoms with Gasteiger partial charge in [0.1, 0.15) is 11.4 Å². The van der Waals surface area contributed by atoms with Crippen LogP contribution in [0.4, 0.5) is 8.78 Å². The predicted molar refractivity (Wildman–Crippen MR) is 68.8 cm³/mol. The lowest BCUT2D eigenvalue weighted by atomic mass is 10.2. The van der Waals surface area contributed by atoms with Gasteiger partial charge in [0.2, 0.25) is 0 Å². The molecule has 0 radical (unpaired) electrons. The maximum absolute atomic E-state index is 12.8. The summed E-state index contributed by atoms with van der Waals surface area (Å²) in [5.74, 6) is -0.228. The second kappa shape index (κ2) is 6.81. The van der Waals surface area contributed by atoms with Crippen molar-refractivity contribution in [1.29, 1.82) is 0 Å². The van der Waals surface area contributed by atoms with E-state index in [1.54, 1.807) is 29.5 Å². The van der Waals surface area contributed by atoms with E-state index in [0.29, 0.717) is 0 Å². The van der Waals surface area contributed by atoms with Crippen molar-refractivity contribution >= 4 is 28.6 Å². The molecule has 0 saturated carbocycles. The van der Waals surface area contributed by atoms with Gasteiger partial charge < -0.3 is 9.47 Å². The summed E-state index contributed by atoms with van der Waals surface area (Å²) < 4.78 is 35.5. The van der Waals surface area contributed by atoms with E-state index < -0.39 is 12.4 Å². The number of nitrogens with zero attached hydrogens (tertiary/aromatic N) is 1. The van der Waals surface area contributed by atoms with Crippen molar-refractivity contribution in [2.24, 2.45) is 0 Å². The van der Waals surface area contributed by atoms with Gasteiger partial charge in [0.15, 0.2) is 0 Å². The number of carbonyl (C=O) groups excluding carboxylic acids is 1. The van der Waals surface area contributed by atoms with Crippen LogP contribution in [0.1, 0.15) is 24.7 Å². The summed E-state index contributed by atoms with van der Waals surface area (Å²) in [6, 6.07) is 1.46. The van der Waals surface area contributed by atoms with Crippen LogP contribution in [0.25, 0.3) is 0 Å². The number of alkyl halides is 2. The summed E-state index contributed by atoms with van der Waals surface area (Å²) in [6.07, 6.45) is -2.87. The lowest BCUT2D eigenvalue weighted by Gasteiger charge is -2.10. The average molecular weight is 371 g/mol. The highest BCUT2D eigenvalue weighted by Crippen LogP contribution is 2.30. The Balaban J connectivity index is 3.06. The van der Waals surface area contributed by atoms with Crippen LogP contribution in [0.5, 0.6) is 5.75 Å². The van der Waals surface area contributed by atoms with Crippen molar-refractivity contribution in [3.8, 4) is 5.75 Å². The zero-order valence-corrected chi connectivity index (χ0v) is 12.0. The van der Waals surface area contributed by atoms with E-state index in [2.05, 4.69) is 4.98 Å². The zero-order valence-electron chi connectivity index (χ0n) is 9.87. The normalized spacial score (nSPS) is 10.6. The number of aromatic nitrogens is 1. The number of hydrogen-bond donors (Lipinski definition) is 0. The van der Waals surface area contributed by atoms with Crippen LogP contribution in [-0.4, -0.2) is 24.7 Å². The second-order valence-corrected chi connectivity index (χ2v) is 4.38. The smallest absolute Gasteiger partial charge is 0.311 e. The molecule has 1 aromatic heterocycles. The van der Waals surface area contributed by atoms with Crippen LogP contribution in [0.3, 0.4) is 0 Å². The van der Waals surface area contributed by atoms with E-state index in [1.165, 1.54) is 13.2 Å². The molecular weight excluding hydrogens is 359 g/mol.